The molecule has 0 radical (unpaired) electrons. The Bertz CT molecular complexity index is 540. The zero-order valence-electron chi connectivity index (χ0n) is 11.4. The van der Waals surface area contributed by atoms with E-state index >= 15 is 0 Å². The zero-order valence-corrected chi connectivity index (χ0v) is 11.4. The molecule has 2 aromatic heterocycles. The van der Waals surface area contributed by atoms with E-state index in [0.29, 0.717) is 18.7 Å². The van der Waals surface area contributed by atoms with Crippen molar-refractivity contribution in [3.63, 3.8) is 0 Å². The number of amides is 1. The Morgan fingerprint density at radius 2 is 2.25 bits per heavy atom. The van der Waals surface area contributed by atoms with Gasteiger partial charge in [0.15, 0.2) is 0 Å². The van der Waals surface area contributed by atoms with Crippen molar-refractivity contribution >= 4 is 11.6 Å². The van der Waals surface area contributed by atoms with E-state index in [4.69, 9.17) is 0 Å². The Labute approximate surface area is 117 Å². The monoisotopic (exact) mass is 274 g/mol. The van der Waals surface area contributed by atoms with E-state index in [9.17, 15) is 4.79 Å². The molecule has 2 aromatic rings. The molecule has 0 aliphatic rings. The molecular formula is C13H18N6O. The lowest BCUT2D eigenvalue weighted by Gasteiger charge is -2.11. The van der Waals surface area contributed by atoms with Crippen LogP contribution in [0.3, 0.4) is 0 Å². The average molecular weight is 274 g/mol. The van der Waals surface area contributed by atoms with Crippen molar-refractivity contribution in [2.75, 3.05) is 18.4 Å². The predicted molar refractivity (Wildman–Crippen MR) is 75.4 cm³/mol. The van der Waals surface area contributed by atoms with Gasteiger partial charge in [0, 0.05) is 25.5 Å². The van der Waals surface area contributed by atoms with Gasteiger partial charge in [0.1, 0.15) is 0 Å². The normalized spacial score (nSPS) is 10.2. The quantitative estimate of drug-likeness (QED) is 0.784. The van der Waals surface area contributed by atoms with Gasteiger partial charge in [-0.1, -0.05) is 12.1 Å². The minimum Gasteiger partial charge on any atom is -0.383 e. The maximum absolute atomic E-state index is 12.1. The maximum Gasteiger partial charge on any atom is 0.253 e. The average Bonchev–Trinajstić information content (AvgIpc) is 2.98. The topological polar surface area (TPSA) is 84.7 Å². The Hall–Kier alpha value is -2.44. The summed E-state index contributed by atoms with van der Waals surface area (Å²) >= 11 is 0. The van der Waals surface area contributed by atoms with Crippen LogP contribution in [-0.4, -0.2) is 39.0 Å². The maximum atomic E-state index is 12.1. The van der Waals surface area contributed by atoms with E-state index in [2.05, 4.69) is 32.9 Å². The van der Waals surface area contributed by atoms with E-state index < -0.39 is 0 Å². The number of hydrogen-bond donors (Lipinski definition) is 2. The summed E-state index contributed by atoms with van der Waals surface area (Å²) in [6.07, 6.45) is 7.64. The van der Waals surface area contributed by atoms with Gasteiger partial charge in [0.25, 0.3) is 5.91 Å². The van der Waals surface area contributed by atoms with Crippen LogP contribution >= 0.6 is 0 Å². The van der Waals surface area contributed by atoms with Crippen molar-refractivity contribution < 1.29 is 4.79 Å². The van der Waals surface area contributed by atoms with Gasteiger partial charge >= 0.3 is 0 Å². The molecule has 0 saturated heterocycles. The van der Waals surface area contributed by atoms with Crippen LogP contribution in [0.1, 0.15) is 23.7 Å². The van der Waals surface area contributed by atoms with Crippen LogP contribution in [0.2, 0.25) is 0 Å². The summed E-state index contributed by atoms with van der Waals surface area (Å²) in [6, 6.07) is 1.71. The van der Waals surface area contributed by atoms with Crippen LogP contribution < -0.4 is 10.6 Å². The molecule has 0 aliphatic heterocycles. The third-order valence-electron chi connectivity index (χ3n) is 2.73. The molecule has 0 unspecified atom stereocenters. The van der Waals surface area contributed by atoms with E-state index in [1.165, 1.54) is 0 Å². The molecule has 0 saturated carbocycles. The molecule has 1 amide bonds. The van der Waals surface area contributed by atoms with Crippen molar-refractivity contribution in [3.8, 4) is 0 Å². The van der Waals surface area contributed by atoms with Crippen LogP contribution in [0.5, 0.6) is 0 Å². The number of nitrogens with zero attached hydrogens (tertiary/aromatic N) is 4. The molecule has 2 N–H and O–H groups in total. The molecule has 0 spiro atoms. The van der Waals surface area contributed by atoms with Crippen molar-refractivity contribution in [1.82, 2.24) is 25.3 Å². The van der Waals surface area contributed by atoms with Gasteiger partial charge in [-0.3, -0.25) is 14.5 Å². The number of aromatic nitrogens is 4. The summed E-state index contributed by atoms with van der Waals surface area (Å²) in [4.78, 5) is 16.2. The fraction of sp³-hybridized carbons (Fsp3) is 0.385. The molecule has 0 aromatic carbocycles. The lowest BCUT2D eigenvalue weighted by molar-refractivity contribution is 0.0952. The molecule has 2 heterocycles. The van der Waals surface area contributed by atoms with Crippen molar-refractivity contribution in [1.29, 1.82) is 0 Å². The zero-order chi connectivity index (χ0) is 14.2. The molecule has 7 heteroatoms. The summed E-state index contributed by atoms with van der Waals surface area (Å²) in [5, 5.41) is 13.6. The molecule has 7 nitrogen and oxygen atoms in total. The first-order valence-electron chi connectivity index (χ1n) is 6.61. The SMILES string of the molecule is CCCNc1cnccc1C(=O)NCCn1ccnn1. The Morgan fingerprint density at radius 1 is 1.35 bits per heavy atom. The molecule has 0 atom stereocenters. The summed E-state index contributed by atoms with van der Waals surface area (Å²) in [6.45, 7) is 3.97. The number of rotatable bonds is 7. The highest BCUT2D eigenvalue weighted by Gasteiger charge is 2.10. The first-order valence-corrected chi connectivity index (χ1v) is 6.61. The van der Waals surface area contributed by atoms with E-state index in [0.717, 1.165) is 18.7 Å². The number of hydrogen-bond acceptors (Lipinski definition) is 5. The minimum atomic E-state index is -0.119. The summed E-state index contributed by atoms with van der Waals surface area (Å²) < 4.78 is 1.67. The van der Waals surface area contributed by atoms with E-state index in [-0.39, 0.29) is 5.91 Å². The fourth-order valence-corrected chi connectivity index (χ4v) is 1.72. The van der Waals surface area contributed by atoms with Crippen molar-refractivity contribution in [2.45, 2.75) is 19.9 Å². The number of anilines is 1. The number of carbonyl (C=O) groups is 1. The van der Waals surface area contributed by atoms with E-state index in [1.54, 1.807) is 35.5 Å². The van der Waals surface area contributed by atoms with Gasteiger partial charge < -0.3 is 10.6 Å². The van der Waals surface area contributed by atoms with Crippen LogP contribution in [0.15, 0.2) is 30.9 Å². The number of carbonyl (C=O) groups excluding carboxylic acids is 1. The second-order valence-corrected chi connectivity index (χ2v) is 4.27. The van der Waals surface area contributed by atoms with Crippen molar-refractivity contribution in [3.05, 3.63) is 36.4 Å². The summed E-state index contributed by atoms with van der Waals surface area (Å²) in [5.41, 5.74) is 1.36. The van der Waals surface area contributed by atoms with E-state index in [1.807, 2.05) is 0 Å². The summed E-state index contributed by atoms with van der Waals surface area (Å²) in [7, 11) is 0. The third-order valence-corrected chi connectivity index (χ3v) is 2.73. The molecule has 106 valence electrons. The molecule has 0 fully saturated rings. The smallest absolute Gasteiger partial charge is 0.253 e. The predicted octanol–water partition coefficient (Wildman–Crippen LogP) is 0.925. The van der Waals surface area contributed by atoms with Gasteiger partial charge in [-0.15, -0.1) is 5.10 Å². The van der Waals surface area contributed by atoms with Gasteiger partial charge in [0.05, 0.1) is 30.2 Å². The fourth-order valence-electron chi connectivity index (χ4n) is 1.72. The van der Waals surface area contributed by atoms with Gasteiger partial charge in [-0.2, -0.15) is 0 Å². The second kappa shape index (κ2) is 7.22. The first kappa shape index (κ1) is 14.0. The Balaban J connectivity index is 1.91. The number of nitrogens with one attached hydrogen (secondary N) is 2. The lowest BCUT2D eigenvalue weighted by atomic mass is 10.2. The largest absolute Gasteiger partial charge is 0.383 e. The van der Waals surface area contributed by atoms with Crippen LogP contribution in [0.4, 0.5) is 5.69 Å². The molecule has 0 bridgehead atoms. The molecule has 20 heavy (non-hydrogen) atoms. The van der Waals surface area contributed by atoms with Crippen molar-refractivity contribution in [2.24, 2.45) is 0 Å². The highest BCUT2D eigenvalue weighted by molar-refractivity contribution is 5.99. The molecule has 0 aliphatic carbocycles. The van der Waals surface area contributed by atoms with Crippen LogP contribution in [-0.2, 0) is 6.54 Å². The highest BCUT2D eigenvalue weighted by atomic mass is 16.1. The highest BCUT2D eigenvalue weighted by Crippen LogP contribution is 2.12. The molecular weight excluding hydrogens is 256 g/mol. The third kappa shape index (κ3) is 3.78. The van der Waals surface area contributed by atoms with Gasteiger partial charge in [-0.25, -0.2) is 0 Å². The second-order valence-electron chi connectivity index (χ2n) is 4.27. The summed E-state index contributed by atoms with van der Waals surface area (Å²) in [5.74, 6) is -0.119. The first-order chi connectivity index (χ1) is 9.81. The van der Waals surface area contributed by atoms with Crippen LogP contribution in [0.25, 0.3) is 0 Å². The van der Waals surface area contributed by atoms with Gasteiger partial charge in [-0.05, 0) is 12.5 Å². The number of pyridine rings is 1. The standard InChI is InChI=1S/C13H18N6O/c1-2-4-15-12-10-14-5-3-11(12)13(20)16-6-8-19-9-7-17-18-19/h3,5,7,9-10,15H,2,4,6,8H2,1H3,(H,16,20). The van der Waals surface area contributed by atoms with Crippen LogP contribution in [0, 0.1) is 0 Å². The Morgan fingerprint density at radius 3 is 3.00 bits per heavy atom. The van der Waals surface area contributed by atoms with Gasteiger partial charge in [0.2, 0.25) is 0 Å². The minimum absolute atomic E-state index is 0.119. The Kier molecular flexibility index (Phi) is 5.05. The lowest BCUT2D eigenvalue weighted by Crippen LogP contribution is -2.28. The molecule has 2 rings (SSSR count).